The van der Waals surface area contributed by atoms with Crippen molar-refractivity contribution in [1.29, 1.82) is 0 Å². The first-order valence-electron chi connectivity index (χ1n) is 10.5. The summed E-state index contributed by atoms with van der Waals surface area (Å²) in [6, 6.07) is 6.39. The van der Waals surface area contributed by atoms with Crippen molar-refractivity contribution in [2.75, 3.05) is 24.2 Å². The van der Waals surface area contributed by atoms with Crippen LogP contribution in [0.5, 0.6) is 0 Å². The van der Waals surface area contributed by atoms with Gasteiger partial charge in [0, 0.05) is 29.0 Å². The number of carbonyl (C=O) groups excluding carboxylic acids is 1. The standard InChI is InChI=1S/C22H26N4O3S3/c1-14-8-10-26(11-9-14)32(28,29)18-6-4-17(5-7-18)25-19(27)12-30-21-20-15(2)16(3)31-22(20)24-13-23-21/h4-7,13-14H,8-12H2,1-3H3,(H,25,27). The summed E-state index contributed by atoms with van der Waals surface area (Å²) in [5, 5.41) is 4.64. The second-order valence-electron chi connectivity index (χ2n) is 8.09. The molecule has 4 rings (SSSR count). The average molecular weight is 491 g/mol. The lowest BCUT2D eigenvalue weighted by atomic mass is 10.0. The molecule has 0 unspecified atom stereocenters. The Morgan fingerprint density at radius 2 is 1.88 bits per heavy atom. The Bertz CT molecular complexity index is 1230. The number of thiophene rings is 1. The highest BCUT2D eigenvalue weighted by Gasteiger charge is 2.28. The maximum atomic E-state index is 12.8. The molecule has 0 atom stereocenters. The zero-order chi connectivity index (χ0) is 22.9. The Hall–Kier alpha value is -2.01. The number of piperidine rings is 1. The minimum absolute atomic E-state index is 0.174. The Balaban J connectivity index is 1.38. The van der Waals surface area contributed by atoms with Gasteiger partial charge in [0.25, 0.3) is 0 Å². The number of nitrogens with zero attached hydrogens (tertiary/aromatic N) is 3. The second kappa shape index (κ2) is 9.46. The minimum atomic E-state index is -3.50. The number of carbonyl (C=O) groups is 1. The van der Waals surface area contributed by atoms with Crippen LogP contribution in [0, 0.1) is 19.8 Å². The summed E-state index contributed by atoms with van der Waals surface area (Å²) in [5.74, 6) is 0.585. The molecule has 2 aromatic heterocycles. The van der Waals surface area contributed by atoms with Crippen LogP contribution < -0.4 is 5.32 Å². The van der Waals surface area contributed by atoms with E-state index in [1.54, 1.807) is 39.9 Å². The van der Waals surface area contributed by atoms with E-state index >= 15 is 0 Å². The molecule has 10 heteroatoms. The highest BCUT2D eigenvalue weighted by Crippen LogP contribution is 2.34. The maximum Gasteiger partial charge on any atom is 0.243 e. The Kier molecular flexibility index (Phi) is 6.85. The molecular weight excluding hydrogens is 464 g/mol. The predicted molar refractivity (Wildman–Crippen MR) is 130 cm³/mol. The smallest absolute Gasteiger partial charge is 0.243 e. The molecule has 0 aliphatic carbocycles. The van der Waals surface area contributed by atoms with Crippen LogP contribution >= 0.6 is 23.1 Å². The van der Waals surface area contributed by atoms with E-state index in [1.165, 1.54) is 23.0 Å². The Labute approximate surface area is 196 Å². The van der Waals surface area contributed by atoms with Crippen molar-refractivity contribution in [2.45, 2.75) is 43.5 Å². The third-order valence-corrected chi connectivity index (χ3v) is 9.81. The number of rotatable bonds is 6. The van der Waals surface area contributed by atoms with Crippen molar-refractivity contribution in [1.82, 2.24) is 14.3 Å². The van der Waals surface area contributed by atoms with E-state index in [4.69, 9.17) is 0 Å². The quantitative estimate of drug-likeness (QED) is 0.405. The summed E-state index contributed by atoms with van der Waals surface area (Å²) in [6.45, 7) is 7.35. The number of hydrogen-bond acceptors (Lipinski definition) is 7. The topological polar surface area (TPSA) is 92.3 Å². The molecule has 1 amide bonds. The third kappa shape index (κ3) is 4.83. The molecule has 3 heterocycles. The third-order valence-electron chi connectivity index (χ3n) is 5.79. The van der Waals surface area contributed by atoms with E-state index < -0.39 is 10.0 Å². The normalized spacial score (nSPS) is 15.8. The van der Waals surface area contributed by atoms with Gasteiger partial charge in [-0.05, 0) is 62.4 Å². The first-order chi connectivity index (χ1) is 15.3. The monoisotopic (exact) mass is 490 g/mol. The summed E-state index contributed by atoms with van der Waals surface area (Å²) >= 11 is 3.00. The van der Waals surface area contributed by atoms with E-state index in [1.807, 2.05) is 6.92 Å². The van der Waals surface area contributed by atoms with Crippen LogP contribution in [0.4, 0.5) is 5.69 Å². The molecule has 1 saturated heterocycles. The fourth-order valence-electron chi connectivity index (χ4n) is 3.68. The van der Waals surface area contributed by atoms with E-state index in [0.717, 1.165) is 33.6 Å². The molecule has 1 fully saturated rings. The van der Waals surface area contributed by atoms with Gasteiger partial charge in [0.05, 0.1) is 10.6 Å². The van der Waals surface area contributed by atoms with Gasteiger partial charge < -0.3 is 5.32 Å². The van der Waals surface area contributed by atoms with Crippen molar-refractivity contribution in [3.8, 4) is 0 Å². The number of sulfonamides is 1. The van der Waals surface area contributed by atoms with Crippen molar-refractivity contribution in [3.05, 3.63) is 41.0 Å². The molecule has 0 bridgehead atoms. The molecule has 3 aromatic rings. The van der Waals surface area contributed by atoms with Gasteiger partial charge in [0.15, 0.2) is 0 Å². The maximum absolute atomic E-state index is 12.8. The van der Waals surface area contributed by atoms with E-state index in [2.05, 4.69) is 29.1 Å². The number of benzene rings is 1. The first-order valence-corrected chi connectivity index (χ1v) is 13.7. The Morgan fingerprint density at radius 3 is 2.56 bits per heavy atom. The van der Waals surface area contributed by atoms with E-state index in [9.17, 15) is 13.2 Å². The van der Waals surface area contributed by atoms with Crippen LogP contribution in [0.1, 0.15) is 30.2 Å². The number of fused-ring (bicyclic) bond motifs is 1. The molecule has 1 aromatic carbocycles. The van der Waals surface area contributed by atoms with Crippen molar-refractivity contribution < 1.29 is 13.2 Å². The molecule has 7 nitrogen and oxygen atoms in total. The van der Waals surface area contributed by atoms with E-state index in [0.29, 0.717) is 24.7 Å². The number of amides is 1. The summed E-state index contributed by atoms with van der Waals surface area (Å²) < 4.78 is 27.2. The van der Waals surface area contributed by atoms with Crippen molar-refractivity contribution in [2.24, 2.45) is 5.92 Å². The summed E-state index contributed by atoms with van der Waals surface area (Å²) in [6.07, 6.45) is 3.29. The number of nitrogens with one attached hydrogen (secondary N) is 1. The predicted octanol–water partition coefficient (Wildman–Crippen LogP) is 4.46. The zero-order valence-corrected chi connectivity index (χ0v) is 20.7. The fourth-order valence-corrected chi connectivity index (χ4v) is 7.06. The minimum Gasteiger partial charge on any atom is -0.325 e. The molecule has 170 valence electrons. The molecule has 1 aliphatic heterocycles. The van der Waals surface area contributed by atoms with Crippen LogP contribution in [0.3, 0.4) is 0 Å². The number of hydrogen-bond donors (Lipinski definition) is 1. The van der Waals surface area contributed by atoms with Gasteiger partial charge in [-0.2, -0.15) is 4.31 Å². The van der Waals surface area contributed by atoms with Crippen molar-refractivity contribution in [3.63, 3.8) is 0 Å². The molecule has 1 N–H and O–H groups in total. The first kappa shape index (κ1) is 23.2. The van der Waals surface area contributed by atoms with Crippen molar-refractivity contribution >= 4 is 54.9 Å². The zero-order valence-electron chi connectivity index (χ0n) is 18.3. The molecular formula is C22H26N4O3S3. The van der Waals surface area contributed by atoms with Gasteiger partial charge >= 0.3 is 0 Å². The Morgan fingerprint density at radius 1 is 1.19 bits per heavy atom. The molecule has 32 heavy (non-hydrogen) atoms. The number of aryl methyl sites for hydroxylation is 2. The van der Waals surface area contributed by atoms with Gasteiger partial charge in [0.2, 0.25) is 15.9 Å². The highest BCUT2D eigenvalue weighted by atomic mass is 32.2. The molecule has 0 radical (unpaired) electrons. The SMILES string of the molecule is Cc1sc2ncnc(SCC(=O)Nc3ccc(S(=O)(=O)N4CCC(C)CC4)cc3)c2c1C. The lowest BCUT2D eigenvalue weighted by Crippen LogP contribution is -2.37. The summed E-state index contributed by atoms with van der Waals surface area (Å²) in [4.78, 5) is 23.5. The number of aromatic nitrogens is 2. The summed E-state index contributed by atoms with van der Waals surface area (Å²) in [5.41, 5.74) is 1.71. The van der Waals surface area contributed by atoms with Gasteiger partial charge in [-0.25, -0.2) is 18.4 Å². The largest absolute Gasteiger partial charge is 0.325 e. The molecule has 1 aliphatic rings. The highest BCUT2D eigenvalue weighted by molar-refractivity contribution is 8.00. The summed E-state index contributed by atoms with van der Waals surface area (Å²) in [7, 11) is -3.50. The number of anilines is 1. The fraction of sp³-hybridized carbons (Fsp3) is 0.409. The lowest BCUT2D eigenvalue weighted by molar-refractivity contribution is -0.113. The van der Waals surface area contributed by atoms with Gasteiger partial charge in [0.1, 0.15) is 16.2 Å². The van der Waals surface area contributed by atoms with Crippen LogP contribution in [-0.2, 0) is 14.8 Å². The van der Waals surface area contributed by atoms with Crippen LogP contribution in [-0.4, -0.2) is 47.4 Å². The van der Waals surface area contributed by atoms with Crippen LogP contribution in [0.25, 0.3) is 10.2 Å². The van der Waals surface area contributed by atoms with Crippen LogP contribution in [0.2, 0.25) is 0 Å². The van der Waals surface area contributed by atoms with Gasteiger partial charge in [-0.15, -0.1) is 11.3 Å². The van der Waals surface area contributed by atoms with Gasteiger partial charge in [-0.3, -0.25) is 4.79 Å². The average Bonchev–Trinajstić information content (AvgIpc) is 3.07. The number of thioether (sulfide) groups is 1. The van der Waals surface area contributed by atoms with Gasteiger partial charge in [-0.1, -0.05) is 18.7 Å². The van der Waals surface area contributed by atoms with E-state index in [-0.39, 0.29) is 16.6 Å². The lowest BCUT2D eigenvalue weighted by Gasteiger charge is -2.29. The molecule has 0 saturated carbocycles. The second-order valence-corrected chi connectivity index (χ2v) is 12.2. The van der Waals surface area contributed by atoms with Crippen LogP contribution in [0.15, 0.2) is 40.5 Å². The molecule has 0 spiro atoms.